The van der Waals surface area contributed by atoms with Gasteiger partial charge in [-0.2, -0.15) is 0 Å². The molecule has 0 bridgehead atoms. The second-order valence-corrected chi connectivity index (χ2v) is 4.20. The van der Waals surface area contributed by atoms with Gasteiger partial charge in [0.15, 0.2) is 25.2 Å². The smallest absolute Gasteiger partial charge is 0.167 e. The molecule has 0 fully saturated rings. The molecule has 0 amide bonds. The molecular formula is C10H43N3Ni3O13+4. The Kier molecular flexibility index (Phi) is 113. The van der Waals surface area contributed by atoms with Crippen molar-refractivity contribution in [3.05, 3.63) is 0 Å². The Labute approximate surface area is 198 Å². The number of aliphatic hydroxyl groups is 8. The van der Waals surface area contributed by atoms with Crippen LogP contribution >= 0.6 is 0 Å². The van der Waals surface area contributed by atoms with E-state index in [1.165, 1.54) is 0 Å². The van der Waals surface area contributed by atoms with E-state index in [0.717, 1.165) is 0 Å². The second kappa shape index (κ2) is 46.9. The molecule has 0 aromatic rings. The minimum atomic E-state index is -1.69. The molecule has 0 radical (unpaired) electrons. The molecule has 0 saturated heterocycles. The summed E-state index contributed by atoms with van der Waals surface area (Å²) in [5.74, 6) is 0. The Balaban J connectivity index is -0.0000000168. The second-order valence-electron chi connectivity index (χ2n) is 4.20. The fourth-order valence-electron chi connectivity index (χ4n) is 0.698. The average Bonchev–Trinajstić information content (AvgIpc) is 2.27. The Morgan fingerprint density at radius 2 is 0.862 bits per heavy atom. The molecule has 0 aromatic carbocycles. The SMILES string of the molecule is CC(N)CC(O)O.NC(CC(O)O)C(O)O.NCC(O)O.O.[Ni].[Ni].[Ni].[OH3+].[OH3+].[OH3+].[OH3+]. The fraction of sp³-hybridized carbons (Fsp3) is 1.00. The third-order valence-electron chi connectivity index (χ3n) is 1.66. The summed E-state index contributed by atoms with van der Waals surface area (Å²) in [6.45, 7) is 1.64. The number of aliphatic hydroxyl groups excluding tert-OH is 4. The molecule has 0 saturated carbocycles. The normalized spacial score (nSPS) is 9.93. The van der Waals surface area contributed by atoms with Gasteiger partial charge in [-0.05, 0) is 6.92 Å². The van der Waals surface area contributed by atoms with Crippen LogP contribution in [0.25, 0.3) is 0 Å². The predicted octanol–water partition coefficient (Wildman–Crippen LogP) is -9.90. The standard InChI is InChI=1S/C4H11NO4.C4H11NO2.C2H7NO2.3Ni.5H2O/c5-2(4(8)9)1-3(6)7;1-3(5)2-4(6)7;3-1-2(4)5;;;;;;;;/h2-4,6-9H,1,5H2;3-4,6-7H,2,5H2,1H3;2,4-5H,1,3H2;;;;5*1H2/p+4. The van der Waals surface area contributed by atoms with Crippen LogP contribution in [0.3, 0.4) is 0 Å². The van der Waals surface area contributed by atoms with E-state index < -0.39 is 31.2 Å². The van der Waals surface area contributed by atoms with Gasteiger partial charge in [-0.3, -0.25) is 0 Å². The molecule has 29 heavy (non-hydrogen) atoms. The van der Waals surface area contributed by atoms with E-state index in [4.69, 9.17) is 52.3 Å². The van der Waals surface area contributed by atoms with Crippen LogP contribution in [0.2, 0.25) is 0 Å². The molecule has 2 atom stereocenters. The van der Waals surface area contributed by atoms with Gasteiger partial charge in [0.1, 0.15) is 0 Å². The van der Waals surface area contributed by atoms with E-state index in [2.05, 4.69) is 5.73 Å². The van der Waals surface area contributed by atoms with Gasteiger partial charge < -0.3 is 85.4 Å². The van der Waals surface area contributed by atoms with Gasteiger partial charge in [0, 0.05) is 74.9 Å². The zero-order valence-corrected chi connectivity index (χ0v) is 18.6. The Hall–Kier alpha value is 0.841. The number of rotatable bonds is 6. The van der Waals surface area contributed by atoms with Gasteiger partial charge >= 0.3 is 0 Å². The van der Waals surface area contributed by atoms with Crippen molar-refractivity contribution in [3.63, 3.8) is 0 Å². The summed E-state index contributed by atoms with van der Waals surface area (Å²) >= 11 is 0. The summed E-state index contributed by atoms with van der Waals surface area (Å²) in [4.78, 5) is 0. The molecule has 0 aliphatic carbocycles. The van der Waals surface area contributed by atoms with Crippen molar-refractivity contribution < 1.29 is 118 Å². The summed E-state index contributed by atoms with van der Waals surface area (Å²) in [5, 5.41) is 65.0. The summed E-state index contributed by atoms with van der Waals surface area (Å²) in [5.41, 5.74) is 14.8. The third-order valence-corrected chi connectivity index (χ3v) is 1.66. The predicted molar refractivity (Wildman–Crippen MR) is 95.9 cm³/mol. The summed E-state index contributed by atoms with van der Waals surface area (Å²) in [7, 11) is 0. The third kappa shape index (κ3) is 94.3. The van der Waals surface area contributed by atoms with Gasteiger partial charge in [0.2, 0.25) is 0 Å². The van der Waals surface area contributed by atoms with Crippen LogP contribution in [0, 0.1) is 0 Å². The van der Waals surface area contributed by atoms with Gasteiger partial charge in [-0.1, -0.05) is 0 Å². The molecule has 0 spiro atoms. The first kappa shape index (κ1) is 69.9. The molecular weight excluding hydrogens is 546 g/mol. The molecule has 0 aliphatic heterocycles. The first-order chi connectivity index (χ1) is 9.43. The number of nitrogens with two attached hydrogens (primary N) is 3. The first-order valence-electron chi connectivity index (χ1n) is 6.09. The van der Waals surface area contributed by atoms with Crippen LogP contribution in [0.15, 0.2) is 0 Å². The minimum Gasteiger partial charge on any atom is -0.457 e. The summed E-state index contributed by atoms with van der Waals surface area (Å²) < 4.78 is 0. The average molecular weight is 590 g/mol. The van der Waals surface area contributed by atoms with Gasteiger partial charge in [-0.25, -0.2) is 0 Å². The van der Waals surface area contributed by atoms with Crippen molar-refractivity contribution in [2.75, 3.05) is 6.54 Å². The quantitative estimate of drug-likeness (QED) is 0.0784. The van der Waals surface area contributed by atoms with Crippen molar-refractivity contribution in [3.8, 4) is 0 Å². The van der Waals surface area contributed by atoms with Crippen LogP contribution in [0.1, 0.15) is 19.8 Å². The maximum Gasteiger partial charge on any atom is 0.167 e. The summed E-state index contributed by atoms with van der Waals surface area (Å²) in [6.07, 6.45) is -5.85. The Morgan fingerprint density at radius 3 is 0.897 bits per heavy atom. The zero-order valence-electron chi connectivity index (χ0n) is 15.7. The summed E-state index contributed by atoms with van der Waals surface area (Å²) in [6, 6.07) is -1.12. The molecule has 0 aromatic heterocycles. The van der Waals surface area contributed by atoms with Crippen molar-refractivity contribution in [1.29, 1.82) is 0 Å². The maximum absolute atomic E-state index is 8.28. The molecule has 19 heteroatoms. The zero-order chi connectivity index (χ0) is 17.6. The molecule has 0 heterocycles. The van der Waals surface area contributed by atoms with E-state index in [-0.39, 0.29) is 102 Å². The molecule has 0 aliphatic rings. The van der Waals surface area contributed by atoms with Crippen LogP contribution in [-0.4, -0.2) is 90.1 Å². The monoisotopic (exact) mass is 587 g/mol. The van der Waals surface area contributed by atoms with Crippen LogP contribution in [-0.2, 0) is 71.4 Å². The molecule has 0 rings (SSSR count). The van der Waals surface area contributed by atoms with Gasteiger partial charge in [0.05, 0.1) is 6.04 Å². The van der Waals surface area contributed by atoms with Crippen LogP contribution in [0.4, 0.5) is 0 Å². The van der Waals surface area contributed by atoms with E-state index in [1.54, 1.807) is 6.92 Å². The van der Waals surface area contributed by atoms with Crippen molar-refractivity contribution in [2.45, 2.75) is 57.0 Å². The van der Waals surface area contributed by atoms with Gasteiger partial charge in [-0.15, -0.1) is 0 Å². The molecule has 202 valence electrons. The fourth-order valence-corrected chi connectivity index (χ4v) is 0.698. The Morgan fingerprint density at radius 1 is 0.621 bits per heavy atom. The largest absolute Gasteiger partial charge is 0.457 e. The Bertz CT molecular complexity index is 219. The van der Waals surface area contributed by atoms with E-state index in [1.807, 2.05) is 0 Å². The van der Waals surface area contributed by atoms with Crippen LogP contribution < -0.4 is 17.2 Å². The van der Waals surface area contributed by atoms with E-state index >= 15 is 0 Å². The van der Waals surface area contributed by atoms with E-state index in [0.29, 0.717) is 0 Å². The topological polar surface area (TPSA) is 403 Å². The molecule has 2 unspecified atom stereocenters. The number of hydrogen-bond donors (Lipinski definition) is 11. The van der Waals surface area contributed by atoms with Crippen LogP contribution in [0.5, 0.6) is 0 Å². The minimum absolute atomic E-state index is 0. The van der Waals surface area contributed by atoms with Gasteiger partial charge in [0.25, 0.3) is 0 Å². The van der Waals surface area contributed by atoms with Crippen molar-refractivity contribution in [1.82, 2.24) is 0 Å². The van der Waals surface area contributed by atoms with E-state index in [9.17, 15) is 0 Å². The first-order valence-corrected chi connectivity index (χ1v) is 6.09. The molecule has 28 N–H and O–H groups in total. The maximum atomic E-state index is 8.28. The molecule has 16 nitrogen and oxygen atoms in total. The van der Waals surface area contributed by atoms with Crippen molar-refractivity contribution >= 4 is 0 Å². The number of hydrogen-bond acceptors (Lipinski definition) is 11. The van der Waals surface area contributed by atoms with Crippen molar-refractivity contribution in [2.24, 2.45) is 17.2 Å².